The van der Waals surface area contributed by atoms with Crippen molar-refractivity contribution in [2.45, 2.75) is 5.92 Å². The highest BCUT2D eigenvalue weighted by Crippen LogP contribution is 2.44. The molecule has 0 aromatic heterocycles. The molecule has 0 unspecified atom stereocenters. The maximum Gasteiger partial charge on any atom is 0.338 e. The molecule has 0 saturated heterocycles. The molecule has 0 radical (unpaired) electrons. The van der Waals surface area contributed by atoms with Gasteiger partial charge in [0, 0.05) is 5.92 Å². The summed E-state index contributed by atoms with van der Waals surface area (Å²) in [6, 6.07) is 21.3. The number of nitrogens with two attached hydrogens (primary N) is 2. The average molecular weight is 330 g/mol. The number of benzene rings is 3. The number of fused-ring (bicyclic) bond motifs is 3. The van der Waals surface area contributed by atoms with E-state index in [1.165, 1.54) is 22.3 Å². The number of rotatable bonds is 3. The van der Waals surface area contributed by atoms with Gasteiger partial charge in [0.05, 0.1) is 16.9 Å². The van der Waals surface area contributed by atoms with Gasteiger partial charge in [0.25, 0.3) is 0 Å². The zero-order chi connectivity index (χ0) is 17.4. The smallest absolute Gasteiger partial charge is 0.338 e. The van der Waals surface area contributed by atoms with Crippen LogP contribution in [0.3, 0.4) is 0 Å². The van der Waals surface area contributed by atoms with Crippen molar-refractivity contribution in [3.63, 3.8) is 0 Å². The number of nitrogen functional groups attached to an aromatic ring is 2. The van der Waals surface area contributed by atoms with Gasteiger partial charge >= 0.3 is 5.97 Å². The average Bonchev–Trinajstić information content (AvgIpc) is 2.96. The predicted molar refractivity (Wildman–Crippen MR) is 99.3 cm³/mol. The van der Waals surface area contributed by atoms with Gasteiger partial charge in [0.15, 0.2) is 0 Å². The van der Waals surface area contributed by atoms with E-state index in [1.807, 2.05) is 24.3 Å². The molecular formula is C21H18N2O2. The second-order valence-electron chi connectivity index (χ2n) is 6.17. The summed E-state index contributed by atoms with van der Waals surface area (Å²) < 4.78 is 5.59. The van der Waals surface area contributed by atoms with Crippen LogP contribution in [-0.2, 0) is 4.74 Å². The number of ether oxygens (including phenoxy) is 1. The minimum absolute atomic E-state index is 0.0440. The van der Waals surface area contributed by atoms with Crippen LogP contribution in [0, 0.1) is 0 Å². The summed E-state index contributed by atoms with van der Waals surface area (Å²) in [5, 5.41) is 0. The van der Waals surface area contributed by atoms with E-state index in [2.05, 4.69) is 24.3 Å². The third-order valence-electron chi connectivity index (χ3n) is 4.67. The monoisotopic (exact) mass is 330 g/mol. The number of hydrogen-bond donors (Lipinski definition) is 2. The molecule has 3 aromatic carbocycles. The maximum absolute atomic E-state index is 12.4. The Morgan fingerprint density at radius 2 is 1.44 bits per heavy atom. The molecule has 1 aliphatic carbocycles. The highest BCUT2D eigenvalue weighted by Gasteiger charge is 2.29. The number of carbonyl (C=O) groups excluding carboxylic acids is 1. The molecule has 0 heterocycles. The van der Waals surface area contributed by atoms with Crippen molar-refractivity contribution in [2.75, 3.05) is 18.1 Å². The van der Waals surface area contributed by atoms with Crippen LogP contribution < -0.4 is 11.5 Å². The molecule has 0 fully saturated rings. The first-order valence-electron chi connectivity index (χ1n) is 8.15. The Bertz CT molecular complexity index is 920. The molecular weight excluding hydrogens is 312 g/mol. The first-order valence-corrected chi connectivity index (χ1v) is 8.15. The molecule has 0 atom stereocenters. The molecule has 4 nitrogen and oxygen atoms in total. The minimum atomic E-state index is -0.395. The van der Waals surface area contributed by atoms with Gasteiger partial charge in [-0.3, -0.25) is 0 Å². The quantitative estimate of drug-likeness (QED) is 0.565. The number of esters is 1. The third-order valence-corrected chi connectivity index (χ3v) is 4.67. The summed E-state index contributed by atoms with van der Waals surface area (Å²) in [6.45, 7) is 0.289. The van der Waals surface area contributed by atoms with E-state index in [4.69, 9.17) is 16.2 Å². The lowest BCUT2D eigenvalue weighted by Gasteiger charge is -2.14. The molecule has 0 saturated carbocycles. The Kier molecular flexibility index (Phi) is 3.65. The summed E-state index contributed by atoms with van der Waals surface area (Å²) in [6.07, 6.45) is 0. The molecule has 4 rings (SSSR count). The number of carbonyl (C=O) groups is 1. The van der Waals surface area contributed by atoms with E-state index in [0.29, 0.717) is 16.9 Å². The molecule has 4 N–H and O–H groups in total. The van der Waals surface area contributed by atoms with Gasteiger partial charge < -0.3 is 16.2 Å². The summed E-state index contributed by atoms with van der Waals surface area (Å²) in [4.78, 5) is 12.4. The molecule has 0 aliphatic heterocycles. The fraction of sp³-hybridized carbons (Fsp3) is 0.0952. The topological polar surface area (TPSA) is 78.3 Å². The van der Waals surface area contributed by atoms with Gasteiger partial charge in [-0.15, -0.1) is 0 Å². The third kappa shape index (κ3) is 2.62. The Hall–Kier alpha value is -3.27. The number of hydrogen-bond acceptors (Lipinski definition) is 4. The first-order chi connectivity index (χ1) is 12.1. The fourth-order valence-corrected chi connectivity index (χ4v) is 3.38. The summed E-state index contributed by atoms with van der Waals surface area (Å²) in [7, 11) is 0. The summed E-state index contributed by atoms with van der Waals surface area (Å²) in [5.41, 5.74) is 17.5. The van der Waals surface area contributed by atoms with E-state index in [1.54, 1.807) is 18.2 Å². The standard InChI is InChI=1S/C21H18N2O2/c22-19-10-9-13(11-20(19)23)21(24)25-12-18-16-7-3-1-5-14(16)15-6-2-4-8-17(15)18/h1-11,18H,12,22-23H2. The molecule has 0 amide bonds. The van der Waals surface area contributed by atoms with Gasteiger partial charge in [0.1, 0.15) is 6.61 Å². The van der Waals surface area contributed by atoms with Crippen molar-refractivity contribution in [2.24, 2.45) is 0 Å². The van der Waals surface area contributed by atoms with E-state index in [-0.39, 0.29) is 12.5 Å². The van der Waals surface area contributed by atoms with Gasteiger partial charge in [-0.25, -0.2) is 4.79 Å². The van der Waals surface area contributed by atoms with Gasteiger partial charge in [-0.2, -0.15) is 0 Å². The molecule has 4 heteroatoms. The van der Waals surface area contributed by atoms with Crippen molar-refractivity contribution in [1.29, 1.82) is 0 Å². The SMILES string of the molecule is Nc1ccc(C(=O)OCC2c3ccccc3-c3ccccc32)cc1N. The largest absolute Gasteiger partial charge is 0.461 e. The molecule has 25 heavy (non-hydrogen) atoms. The van der Waals surface area contributed by atoms with Crippen LogP contribution in [0.25, 0.3) is 11.1 Å². The summed E-state index contributed by atoms with van der Waals surface area (Å²) >= 11 is 0. The van der Waals surface area contributed by atoms with Crippen molar-refractivity contribution in [1.82, 2.24) is 0 Å². The Labute approximate surface area is 146 Å². The van der Waals surface area contributed by atoms with Gasteiger partial charge in [-0.05, 0) is 40.5 Å². The molecule has 0 spiro atoms. The second-order valence-corrected chi connectivity index (χ2v) is 6.17. The fourth-order valence-electron chi connectivity index (χ4n) is 3.38. The van der Waals surface area contributed by atoms with Crippen molar-refractivity contribution in [3.8, 4) is 11.1 Å². The highest BCUT2D eigenvalue weighted by atomic mass is 16.5. The zero-order valence-electron chi connectivity index (χ0n) is 13.6. The zero-order valence-corrected chi connectivity index (χ0v) is 13.6. The normalized spacial score (nSPS) is 12.5. The lowest BCUT2D eigenvalue weighted by atomic mass is 9.98. The minimum Gasteiger partial charge on any atom is -0.461 e. The Balaban J connectivity index is 1.59. The van der Waals surface area contributed by atoms with E-state index < -0.39 is 5.97 Å². The summed E-state index contributed by atoms with van der Waals surface area (Å²) in [5.74, 6) is -0.351. The second kappa shape index (κ2) is 5.98. The van der Waals surface area contributed by atoms with Crippen molar-refractivity contribution in [3.05, 3.63) is 83.4 Å². The van der Waals surface area contributed by atoms with Gasteiger partial charge in [-0.1, -0.05) is 48.5 Å². The van der Waals surface area contributed by atoms with Crippen LogP contribution in [-0.4, -0.2) is 12.6 Å². The van der Waals surface area contributed by atoms with Crippen LogP contribution in [0.1, 0.15) is 27.4 Å². The Morgan fingerprint density at radius 3 is 2.04 bits per heavy atom. The van der Waals surface area contributed by atoms with E-state index >= 15 is 0 Å². The van der Waals surface area contributed by atoms with Crippen molar-refractivity contribution < 1.29 is 9.53 Å². The van der Waals surface area contributed by atoms with E-state index in [0.717, 1.165) is 0 Å². The van der Waals surface area contributed by atoms with Crippen molar-refractivity contribution >= 4 is 17.3 Å². The van der Waals surface area contributed by atoms with E-state index in [9.17, 15) is 4.79 Å². The lowest BCUT2D eigenvalue weighted by molar-refractivity contribution is 0.0493. The molecule has 0 bridgehead atoms. The van der Waals surface area contributed by atoms with Crippen LogP contribution >= 0.6 is 0 Å². The molecule has 3 aromatic rings. The predicted octanol–water partition coefficient (Wildman–Crippen LogP) is 3.82. The Morgan fingerprint density at radius 1 is 0.840 bits per heavy atom. The van der Waals surface area contributed by atoms with Crippen LogP contribution in [0.2, 0.25) is 0 Å². The van der Waals surface area contributed by atoms with Gasteiger partial charge in [0.2, 0.25) is 0 Å². The maximum atomic E-state index is 12.4. The molecule has 124 valence electrons. The number of anilines is 2. The van der Waals surface area contributed by atoms with Crippen LogP contribution in [0.4, 0.5) is 11.4 Å². The lowest BCUT2D eigenvalue weighted by Crippen LogP contribution is -2.13. The highest BCUT2D eigenvalue weighted by molar-refractivity contribution is 5.92. The van der Waals surface area contributed by atoms with Crippen LogP contribution in [0.5, 0.6) is 0 Å². The molecule has 1 aliphatic rings. The van der Waals surface area contributed by atoms with Crippen LogP contribution in [0.15, 0.2) is 66.7 Å². The first kappa shape index (κ1) is 15.3.